The van der Waals surface area contributed by atoms with Crippen LogP contribution >= 0.6 is 24.4 Å². The van der Waals surface area contributed by atoms with Crippen molar-refractivity contribution >= 4 is 24.4 Å². The van der Waals surface area contributed by atoms with Gasteiger partial charge in [0, 0.05) is 18.3 Å². The minimum absolute atomic E-state index is 0.503. The molecule has 3 heteroatoms. The van der Waals surface area contributed by atoms with Gasteiger partial charge in [-0.3, -0.25) is 0 Å². The zero-order chi connectivity index (χ0) is 12.0. The number of nitrogens with zero attached hydrogens (tertiary/aromatic N) is 1. The third-order valence-electron chi connectivity index (χ3n) is 3.99. The predicted octanol–water partition coefficient (Wildman–Crippen LogP) is 3.55. The average molecular weight is 261 g/mol. The molecule has 1 rings (SSSR count). The van der Waals surface area contributed by atoms with Gasteiger partial charge in [-0.1, -0.05) is 19.3 Å². The SMILES string of the molecule is CSCC(C)N(C)CC1(CS)CCCCC1. The van der Waals surface area contributed by atoms with Crippen LogP contribution in [0.25, 0.3) is 0 Å². The number of hydrogen-bond donors (Lipinski definition) is 1. The molecule has 0 aromatic rings. The van der Waals surface area contributed by atoms with E-state index in [1.807, 2.05) is 11.8 Å². The molecule has 0 aromatic heterocycles. The molecule has 1 fully saturated rings. The highest BCUT2D eigenvalue weighted by atomic mass is 32.2. The molecule has 0 heterocycles. The van der Waals surface area contributed by atoms with E-state index in [2.05, 4.69) is 37.8 Å². The first-order valence-electron chi connectivity index (χ1n) is 6.43. The number of hydrogen-bond acceptors (Lipinski definition) is 3. The van der Waals surface area contributed by atoms with Crippen LogP contribution in [-0.2, 0) is 0 Å². The number of thioether (sulfide) groups is 1. The summed E-state index contributed by atoms with van der Waals surface area (Å²) in [6.45, 7) is 3.57. The maximum atomic E-state index is 4.61. The molecule has 0 aromatic carbocycles. The van der Waals surface area contributed by atoms with Gasteiger partial charge in [0.1, 0.15) is 0 Å². The molecule has 0 amide bonds. The zero-order valence-electron chi connectivity index (χ0n) is 11.0. The molecule has 1 atom stereocenters. The second-order valence-electron chi connectivity index (χ2n) is 5.44. The lowest BCUT2D eigenvalue weighted by Gasteiger charge is -2.41. The standard InChI is InChI=1S/C13H27NS2/c1-12(9-16-3)14(2)10-13(11-15)7-5-4-6-8-13/h12,15H,4-11H2,1-3H3. The Morgan fingerprint density at radius 1 is 1.31 bits per heavy atom. The summed E-state index contributed by atoms with van der Waals surface area (Å²) >= 11 is 6.56. The van der Waals surface area contributed by atoms with Crippen LogP contribution in [0.3, 0.4) is 0 Å². The Kier molecular flexibility index (Phi) is 6.60. The fraction of sp³-hybridized carbons (Fsp3) is 1.00. The molecule has 1 saturated carbocycles. The van der Waals surface area contributed by atoms with Gasteiger partial charge >= 0.3 is 0 Å². The summed E-state index contributed by atoms with van der Waals surface area (Å²) in [5, 5.41) is 0. The van der Waals surface area contributed by atoms with E-state index in [1.165, 1.54) is 44.4 Å². The lowest BCUT2D eigenvalue weighted by atomic mass is 9.75. The Bertz CT molecular complexity index is 190. The van der Waals surface area contributed by atoms with Crippen LogP contribution in [0.1, 0.15) is 39.0 Å². The van der Waals surface area contributed by atoms with Crippen LogP contribution < -0.4 is 0 Å². The first-order chi connectivity index (χ1) is 7.63. The van der Waals surface area contributed by atoms with Gasteiger partial charge in [-0.15, -0.1) is 0 Å². The average Bonchev–Trinajstić information content (AvgIpc) is 2.30. The van der Waals surface area contributed by atoms with Crippen molar-refractivity contribution in [3.63, 3.8) is 0 Å². The van der Waals surface area contributed by atoms with Crippen molar-refractivity contribution in [1.29, 1.82) is 0 Å². The Morgan fingerprint density at radius 2 is 1.94 bits per heavy atom. The largest absolute Gasteiger partial charge is 0.302 e. The smallest absolute Gasteiger partial charge is 0.0155 e. The molecule has 1 aliphatic rings. The quantitative estimate of drug-likeness (QED) is 0.728. The van der Waals surface area contributed by atoms with Crippen LogP contribution in [0.2, 0.25) is 0 Å². The van der Waals surface area contributed by atoms with E-state index in [-0.39, 0.29) is 0 Å². The first-order valence-corrected chi connectivity index (χ1v) is 8.46. The van der Waals surface area contributed by atoms with Crippen molar-refractivity contribution in [3.05, 3.63) is 0 Å². The second kappa shape index (κ2) is 7.17. The highest BCUT2D eigenvalue weighted by molar-refractivity contribution is 7.98. The van der Waals surface area contributed by atoms with E-state index in [1.54, 1.807) is 0 Å². The van der Waals surface area contributed by atoms with Crippen LogP contribution in [-0.4, -0.2) is 42.3 Å². The molecule has 1 nitrogen and oxygen atoms in total. The van der Waals surface area contributed by atoms with E-state index in [0.717, 1.165) is 5.75 Å². The maximum absolute atomic E-state index is 4.61. The molecule has 96 valence electrons. The lowest BCUT2D eigenvalue weighted by molar-refractivity contribution is 0.126. The van der Waals surface area contributed by atoms with Crippen molar-refractivity contribution in [3.8, 4) is 0 Å². The number of thiol groups is 1. The summed E-state index contributed by atoms with van der Waals surface area (Å²) in [7, 11) is 2.28. The molecule has 16 heavy (non-hydrogen) atoms. The van der Waals surface area contributed by atoms with E-state index < -0.39 is 0 Å². The van der Waals surface area contributed by atoms with Gasteiger partial charge in [0.25, 0.3) is 0 Å². The predicted molar refractivity (Wildman–Crippen MR) is 79.8 cm³/mol. The zero-order valence-corrected chi connectivity index (χ0v) is 12.7. The summed E-state index contributed by atoms with van der Waals surface area (Å²) in [6, 6.07) is 0.689. The molecule has 0 saturated heterocycles. The minimum Gasteiger partial charge on any atom is -0.302 e. The third-order valence-corrected chi connectivity index (χ3v) is 5.48. The first kappa shape index (κ1) is 14.7. The van der Waals surface area contributed by atoms with Gasteiger partial charge in [-0.05, 0) is 44.2 Å². The summed E-state index contributed by atoms with van der Waals surface area (Å²) in [4.78, 5) is 2.54. The summed E-state index contributed by atoms with van der Waals surface area (Å²) in [5.41, 5.74) is 0.503. The van der Waals surface area contributed by atoms with E-state index in [0.29, 0.717) is 11.5 Å². The van der Waals surface area contributed by atoms with Gasteiger partial charge in [0.05, 0.1) is 0 Å². The molecular weight excluding hydrogens is 234 g/mol. The van der Waals surface area contributed by atoms with Gasteiger partial charge in [-0.2, -0.15) is 24.4 Å². The van der Waals surface area contributed by atoms with Crippen LogP contribution in [0.5, 0.6) is 0 Å². The molecule has 0 bridgehead atoms. The highest BCUT2D eigenvalue weighted by Gasteiger charge is 2.32. The van der Waals surface area contributed by atoms with Gasteiger partial charge in [0.15, 0.2) is 0 Å². The normalized spacial score (nSPS) is 22.3. The molecule has 0 spiro atoms. The van der Waals surface area contributed by atoms with Crippen molar-refractivity contribution in [1.82, 2.24) is 4.90 Å². The summed E-state index contributed by atoms with van der Waals surface area (Å²) < 4.78 is 0. The monoisotopic (exact) mass is 261 g/mol. The van der Waals surface area contributed by atoms with Crippen LogP contribution in [0.15, 0.2) is 0 Å². The molecular formula is C13H27NS2. The summed E-state index contributed by atoms with van der Waals surface area (Å²) in [6.07, 6.45) is 9.20. The van der Waals surface area contributed by atoms with Gasteiger partial charge in [-0.25, -0.2) is 0 Å². The van der Waals surface area contributed by atoms with Crippen LogP contribution in [0.4, 0.5) is 0 Å². The topological polar surface area (TPSA) is 3.24 Å². The molecule has 1 unspecified atom stereocenters. The third kappa shape index (κ3) is 4.15. The van der Waals surface area contributed by atoms with Crippen LogP contribution in [0, 0.1) is 5.41 Å². The van der Waals surface area contributed by atoms with Crippen molar-refractivity contribution < 1.29 is 0 Å². The number of rotatable bonds is 6. The molecule has 0 radical (unpaired) electrons. The Morgan fingerprint density at radius 3 is 2.44 bits per heavy atom. The molecule has 0 N–H and O–H groups in total. The van der Waals surface area contributed by atoms with E-state index in [9.17, 15) is 0 Å². The van der Waals surface area contributed by atoms with Crippen molar-refractivity contribution in [2.75, 3.05) is 31.4 Å². The molecule has 0 aliphatic heterocycles. The van der Waals surface area contributed by atoms with Crippen molar-refractivity contribution in [2.24, 2.45) is 5.41 Å². The fourth-order valence-electron chi connectivity index (χ4n) is 2.72. The Labute approximate surface area is 111 Å². The highest BCUT2D eigenvalue weighted by Crippen LogP contribution is 2.38. The Balaban J connectivity index is 2.48. The van der Waals surface area contributed by atoms with Gasteiger partial charge in [0.2, 0.25) is 0 Å². The van der Waals surface area contributed by atoms with E-state index >= 15 is 0 Å². The van der Waals surface area contributed by atoms with Gasteiger partial charge < -0.3 is 4.90 Å². The van der Waals surface area contributed by atoms with E-state index in [4.69, 9.17) is 0 Å². The molecule has 1 aliphatic carbocycles. The lowest BCUT2D eigenvalue weighted by Crippen LogP contribution is -2.43. The minimum atomic E-state index is 0.503. The summed E-state index contributed by atoms with van der Waals surface area (Å²) in [5.74, 6) is 2.29. The second-order valence-corrected chi connectivity index (χ2v) is 6.67. The maximum Gasteiger partial charge on any atom is 0.0155 e. The Hall–Kier alpha value is 0.660. The fourth-order valence-corrected chi connectivity index (χ4v) is 3.87. The van der Waals surface area contributed by atoms with Crippen molar-refractivity contribution in [2.45, 2.75) is 45.1 Å².